The lowest BCUT2D eigenvalue weighted by molar-refractivity contribution is -0.143. The Balaban J connectivity index is 0.00000256. The summed E-state index contributed by atoms with van der Waals surface area (Å²) in [6, 6.07) is 17.3. The standard InChI is InChI=1S/C24H30N2O3.ClH/c27-24(28)21-8-5-13-25(18-21)14-16-29-17-15-26-22-9-3-1-6-19(22)11-12-20-7-2-4-10-23(20)26;/h1-4,6-7,9-10,21H,5,8,11-18H2,(H,27,28);1H/t21-;/m1./s1. The third kappa shape index (κ3) is 5.34. The zero-order valence-electron chi connectivity index (χ0n) is 17.3. The third-order valence-electron chi connectivity index (χ3n) is 6.09. The highest BCUT2D eigenvalue weighted by Crippen LogP contribution is 2.35. The molecule has 0 bridgehead atoms. The molecule has 1 N–H and O–H groups in total. The Hall–Kier alpha value is -2.08. The van der Waals surface area contributed by atoms with Crippen molar-refractivity contribution in [1.82, 2.24) is 4.90 Å². The molecule has 0 saturated carbocycles. The van der Waals surface area contributed by atoms with E-state index in [4.69, 9.17) is 4.74 Å². The number of benzene rings is 2. The van der Waals surface area contributed by atoms with Gasteiger partial charge in [-0.05, 0) is 55.5 Å². The Morgan fingerprint density at radius 2 is 1.57 bits per heavy atom. The van der Waals surface area contributed by atoms with E-state index in [0.29, 0.717) is 19.8 Å². The lowest BCUT2D eigenvalue weighted by Gasteiger charge is -2.30. The lowest BCUT2D eigenvalue weighted by atomic mass is 9.98. The number of nitrogens with zero attached hydrogens (tertiary/aromatic N) is 2. The van der Waals surface area contributed by atoms with Crippen molar-refractivity contribution in [2.75, 3.05) is 44.3 Å². The van der Waals surface area contributed by atoms with Gasteiger partial charge in [-0.15, -0.1) is 12.4 Å². The maximum Gasteiger partial charge on any atom is 0.307 e. The van der Waals surface area contributed by atoms with Crippen molar-refractivity contribution in [3.63, 3.8) is 0 Å². The largest absolute Gasteiger partial charge is 0.481 e. The Morgan fingerprint density at radius 3 is 2.20 bits per heavy atom. The molecule has 0 amide bonds. The smallest absolute Gasteiger partial charge is 0.307 e. The topological polar surface area (TPSA) is 53.0 Å². The molecule has 2 aromatic rings. The maximum atomic E-state index is 11.2. The zero-order chi connectivity index (χ0) is 20.1. The molecule has 2 heterocycles. The molecule has 0 radical (unpaired) electrons. The molecule has 6 heteroatoms. The quantitative estimate of drug-likeness (QED) is 0.668. The number of aliphatic carboxylic acids is 1. The predicted octanol–water partition coefficient (Wildman–Crippen LogP) is 4.16. The summed E-state index contributed by atoms with van der Waals surface area (Å²) < 4.78 is 5.97. The van der Waals surface area contributed by atoms with Crippen LogP contribution in [0.2, 0.25) is 0 Å². The first-order valence-corrected chi connectivity index (χ1v) is 10.7. The van der Waals surface area contributed by atoms with Crippen molar-refractivity contribution in [1.29, 1.82) is 0 Å². The normalized spacial score (nSPS) is 18.7. The van der Waals surface area contributed by atoms with Crippen LogP contribution >= 0.6 is 12.4 Å². The number of carboxylic acid groups (broad SMARTS) is 1. The number of rotatable bonds is 7. The molecule has 162 valence electrons. The molecule has 0 spiro atoms. The molecular weight excluding hydrogens is 400 g/mol. The van der Waals surface area contributed by atoms with Gasteiger partial charge in [-0.25, -0.2) is 0 Å². The number of carbonyl (C=O) groups is 1. The van der Waals surface area contributed by atoms with E-state index in [9.17, 15) is 9.90 Å². The maximum absolute atomic E-state index is 11.2. The van der Waals surface area contributed by atoms with Gasteiger partial charge < -0.3 is 19.6 Å². The number of ether oxygens (including phenoxy) is 1. The van der Waals surface area contributed by atoms with Crippen LogP contribution in [0, 0.1) is 5.92 Å². The summed E-state index contributed by atoms with van der Waals surface area (Å²) in [7, 11) is 0. The van der Waals surface area contributed by atoms with E-state index in [1.165, 1.54) is 22.5 Å². The van der Waals surface area contributed by atoms with Crippen molar-refractivity contribution >= 4 is 29.8 Å². The highest BCUT2D eigenvalue weighted by molar-refractivity contribution is 5.85. The number of carboxylic acids is 1. The molecule has 1 fully saturated rings. The highest BCUT2D eigenvalue weighted by Gasteiger charge is 2.25. The average Bonchev–Trinajstić information content (AvgIpc) is 2.91. The van der Waals surface area contributed by atoms with Crippen molar-refractivity contribution < 1.29 is 14.6 Å². The summed E-state index contributed by atoms with van der Waals surface area (Å²) in [6.45, 7) is 4.52. The van der Waals surface area contributed by atoms with Crippen LogP contribution in [0.3, 0.4) is 0 Å². The van der Waals surface area contributed by atoms with Crippen LogP contribution in [0.4, 0.5) is 11.4 Å². The Morgan fingerprint density at radius 1 is 0.967 bits per heavy atom. The van der Waals surface area contributed by atoms with Gasteiger partial charge >= 0.3 is 5.97 Å². The minimum absolute atomic E-state index is 0. The number of fused-ring (bicyclic) bond motifs is 2. The molecular formula is C24H31ClN2O3. The van der Waals surface area contributed by atoms with E-state index < -0.39 is 5.97 Å². The average molecular weight is 431 g/mol. The van der Waals surface area contributed by atoms with Gasteiger partial charge in [0.05, 0.1) is 19.1 Å². The Bertz CT molecular complexity index is 797. The van der Waals surface area contributed by atoms with Crippen molar-refractivity contribution in [3.8, 4) is 0 Å². The number of aryl methyl sites for hydroxylation is 2. The second-order valence-corrected chi connectivity index (χ2v) is 8.00. The lowest BCUT2D eigenvalue weighted by Crippen LogP contribution is -2.40. The van der Waals surface area contributed by atoms with Crippen LogP contribution in [-0.4, -0.2) is 55.4 Å². The second kappa shape index (κ2) is 10.8. The molecule has 0 aromatic heterocycles. The first-order chi connectivity index (χ1) is 14.2. The molecule has 2 aliphatic rings. The first-order valence-electron chi connectivity index (χ1n) is 10.7. The monoisotopic (exact) mass is 430 g/mol. The van der Waals surface area contributed by atoms with Crippen LogP contribution in [0.15, 0.2) is 48.5 Å². The zero-order valence-corrected chi connectivity index (χ0v) is 18.2. The van der Waals surface area contributed by atoms with Crippen LogP contribution in [-0.2, 0) is 22.4 Å². The van der Waals surface area contributed by atoms with Gasteiger partial charge in [-0.2, -0.15) is 0 Å². The Kier molecular flexibility index (Phi) is 8.14. The summed E-state index contributed by atoms with van der Waals surface area (Å²) in [4.78, 5) is 15.8. The van der Waals surface area contributed by atoms with Crippen LogP contribution in [0.1, 0.15) is 24.0 Å². The van der Waals surface area contributed by atoms with Crippen LogP contribution < -0.4 is 4.90 Å². The molecule has 2 aliphatic heterocycles. The van der Waals surface area contributed by atoms with E-state index in [1.807, 2.05) is 0 Å². The fourth-order valence-electron chi connectivity index (χ4n) is 4.52. The molecule has 5 nitrogen and oxygen atoms in total. The summed E-state index contributed by atoms with van der Waals surface area (Å²) in [5.41, 5.74) is 5.33. The number of likely N-dealkylation sites (tertiary alicyclic amines) is 1. The van der Waals surface area contributed by atoms with Gasteiger partial charge in [-0.3, -0.25) is 4.79 Å². The number of hydrogen-bond donors (Lipinski definition) is 1. The van der Waals surface area contributed by atoms with Gasteiger partial charge in [0.15, 0.2) is 0 Å². The fourth-order valence-corrected chi connectivity index (χ4v) is 4.52. The fraction of sp³-hybridized carbons (Fsp3) is 0.458. The number of para-hydroxylation sites is 2. The number of piperidine rings is 1. The van der Waals surface area contributed by atoms with Gasteiger partial charge in [0.25, 0.3) is 0 Å². The van der Waals surface area contributed by atoms with Crippen molar-refractivity contribution in [2.24, 2.45) is 5.92 Å². The van der Waals surface area contributed by atoms with E-state index >= 15 is 0 Å². The van der Waals surface area contributed by atoms with Crippen molar-refractivity contribution in [3.05, 3.63) is 59.7 Å². The minimum atomic E-state index is -0.672. The molecule has 2 aromatic carbocycles. The second-order valence-electron chi connectivity index (χ2n) is 8.00. The summed E-state index contributed by atoms with van der Waals surface area (Å²) in [6.07, 6.45) is 3.87. The number of anilines is 2. The van der Waals surface area contributed by atoms with Gasteiger partial charge in [-0.1, -0.05) is 36.4 Å². The van der Waals surface area contributed by atoms with Gasteiger partial charge in [0.2, 0.25) is 0 Å². The molecule has 30 heavy (non-hydrogen) atoms. The Labute approximate surface area is 185 Å². The van der Waals surface area contributed by atoms with E-state index in [1.54, 1.807) is 0 Å². The van der Waals surface area contributed by atoms with E-state index in [-0.39, 0.29) is 18.3 Å². The molecule has 1 atom stereocenters. The summed E-state index contributed by atoms with van der Waals surface area (Å²) in [5, 5.41) is 9.23. The molecule has 0 aliphatic carbocycles. The molecule has 1 saturated heterocycles. The highest BCUT2D eigenvalue weighted by atomic mass is 35.5. The van der Waals surface area contributed by atoms with Crippen molar-refractivity contribution in [2.45, 2.75) is 25.7 Å². The SMILES string of the molecule is Cl.O=C(O)[C@@H]1CCCN(CCOCCN2c3ccccc3CCc3ccccc32)C1. The number of hydrogen-bond acceptors (Lipinski definition) is 4. The minimum Gasteiger partial charge on any atom is -0.481 e. The predicted molar refractivity (Wildman–Crippen MR) is 122 cm³/mol. The first kappa shape index (κ1) is 22.6. The van der Waals surface area contributed by atoms with Gasteiger partial charge in [0.1, 0.15) is 0 Å². The van der Waals surface area contributed by atoms with E-state index in [2.05, 4.69) is 58.3 Å². The third-order valence-corrected chi connectivity index (χ3v) is 6.09. The van der Waals surface area contributed by atoms with Gasteiger partial charge in [0, 0.05) is 31.0 Å². The molecule has 4 rings (SSSR count). The summed E-state index contributed by atoms with van der Waals surface area (Å²) in [5.74, 6) is -0.900. The van der Waals surface area contributed by atoms with Crippen LogP contribution in [0.5, 0.6) is 0 Å². The van der Waals surface area contributed by atoms with Crippen LogP contribution in [0.25, 0.3) is 0 Å². The summed E-state index contributed by atoms with van der Waals surface area (Å²) >= 11 is 0. The number of halogens is 1. The molecule has 0 unspecified atom stereocenters. The van der Waals surface area contributed by atoms with E-state index in [0.717, 1.165) is 45.3 Å².